The van der Waals surface area contributed by atoms with Crippen molar-refractivity contribution in [2.24, 2.45) is 11.8 Å². The number of ether oxygens (including phenoxy) is 3. The van der Waals surface area contributed by atoms with Crippen LogP contribution in [0, 0.1) is 11.8 Å². The average Bonchev–Trinajstić information content (AvgIpc) is 2.88. The Labute approximate surface area is 253 Å². The van der Waals surface area contributed by atoms with E-state index in [0.717, 1.165) is 0 Å². The highest BCUT2D eigenvalue weighted by Gasteiger charge is 2.47. The molecule has 0 spiro atoms. The molecule has 1 aliphatic heterocycles. The van der Waals surface area contributed by atoms with Crippen LogP contribution in [0.15, 0.2) is 0 Å². The maximum atomic E-state index is 12.8. The second-order valence-corrected chi connectivity index (χ2v) is 13.3. The van der Waals surface area contributed by atoms with Crippen LogP contribution in [-0.2, 0) is 23.8 Å². The van der Waals surface area contributed by atoms with Gasteiger partial charge in [-0.15, -0.1) is 0 Å². The third-order valence-electron chi connectivity index (χ3n) is 8.92. The first-order valence-electron chi connectivity index (χ1n) is 15.4. The summed E-state index contributed by atoms with van der Waals surface area (Å²) >= 11 is 0. The number of rotatable bonds is 17. The third-order valence-corrected chi connectivity index (χ3v) is 8.92. The zero-order chi connectivity index (χ0) is 32.7. The number of aliphatic hydroxyl groups excluding tert-OH is 2. The number of carbonyl (C=O) groups excluding carboxylic acids is 2. The summed E-state index contributed by atoms with van der Waals surface area (Å²) in [6.07, 6.45) is -3.70. The lowest BCUT2D eigenvalue weighted by Crippen LogP contribution is -2.59. The van der Waals surface area contributed by atoms with E-state index in [1.807, 2.05) is 44.8 Å². The highest BCUT2D eigenvalue weighted by atomic mass is 16.7. The smallest absolute Gasteiger partial charge is 0.303 e. The number of esters is 1. The van der Waals surface area contributed by atoms with E-state index in [1.54, 1.807) is 34.6 Å². The monoisotopic (exact) mass is 604 g/mol. The summed E-state index contributed by atoms with van der Waals surface area (Å²) in [6.45, 7) is 15.7. The molecule has 4 N–H and O–H groups in total. The molecular weight excluding hydrogens is 544 g/mol. The first-order valence-corrected chi connectivity index (χ1v) is 15.4. The van der Waals surface area contributed by atoms with E-state index in [1.165, 1.54) is 13.8 Å². The molecule has 11 nitrogen and oxygen atoms in total. The molecule has 1 unspecified atom stereocenters. The predicted molar refractivity (Wildman–Crippen MR) is 161 cm³/mol. The molecule has 1 saturated heterocycles. The van der Waals surface area contributed by atoms with Gasteiger partial charge < -0.3 is 44.4 Å². The van der Waals surface area contributed by atoms with Crippen LogP contribution in [0.5, 0.6) is 0 Å². The normalized spacial score (nSPS) is 28.7. The van der Waals surface area contributed by atoms with Crippen molar-refractivity contribution in [1.82, 2.24) is 9.80 Å². The highest BCUT2D eigenvalue weighted by Crippen LogP contribution is 2.34. The van der Waals surface area contributed by atoms with Crippen molar-refractivity contribution < 1.29 is 44.2 Å². The van der Waals surface area contributed by atoms with Gasteiger partial charge in [0.05, 0.1) is 17.8 Å². The van der Waals surface area contributed by atoms with Crippen molar-refractivity contribution in [2.75, 3.05) is 27.7 Å². The Bertz CT molecular complexity index is 852. The SMILES string of the molecule is CCC(=O)[C@H](C)[C@@H](O[C@@H]1O[C@H](C)CC(N(C)C)[C@H]1O)[C@](C)(O)C[C@@H](C)CN(C)[C@H](C)[C@@H](O)[C@](C)(O)[C@@H](CC)OC(C)=O. The van der Waals surface area contributed by atoms with E-state index in [0.29, 0.717) is 19.4 Å². The molecule has 0 aromatic heterocycles. The third kappa shape index (κ3) is 10.2. The van der Waals surface area contributed by atoms with Crippen LogP contribution in [0.1, 0.15) is 88.0 Å². The number of hydrogen-bond donors (Lipinski definition) is 4. The Morgan fingerprint density at radius 3 is 2.14 bits per heavy atom. The minimum Gasteiger partial charge on any atom is -0.459 e. The summed E-state index contributed by atoms with van der Waals surface area (Å²) in [6, 6.07) is -0.715. The zero-order valence-electron chi connectivity index (χ0n) is 28.0. The molecule has 12 atom stereocenters. The highest BCUT2D eigenvalue weighted by molar-refractivity contribution is 5.81. The van der Waals surface area contributed by atoms with Gasteiger partial charge in [0.25, 0.3) is 0 Å². The quantitative estimate of drug-likeness (QED) is 0.181. The van der Waals surface area contributed by atoms with Crippen LogP contribution in [0.25, 0.3) is 0 Å². The van der Waals surface area contributed by atoms with E-state index >= 15 is 0 Å². The van der Waals surface area contributed by atoms with Gasteiger partial charge in [0.15, 0.2) is 6.29 Å². The number of ketones is 1. The second kappa shape index (κ2) is 16.2. The first-order chi connectivity index (χ1) is 19.2. The molecule has 1 aliphatic rings. The molecular formula is C31H60N2O9. The number of aliphatic hydroxyl groups is 4. The lowest BCUT2D eigenvalue weighted by atomic mass is 9.80. The fraction of sp³-hybridized carbons (Fsp3) is 0.935. The van der Waals surface area contributed by atoms with Crippen LogP contribution >= 0.6 is 0 Å². The molecule has 248 valence electrons. The minimum atomic E-state index is -1.68. The summed E-state index contributed by atoms with van der Waals surface area (Å²) in [5.41, 5.74) is -3.14. The van der Waals surface area contributed by atoms with E-state index < -0.39 is 59.8 Å². The Balaban J connectivity index is 3.10. The van der Waals surface area contributed by atoms with Gasteiger partial charge in [0, 0.05) is 37.9 Å². The standard InChI is InChI=1S/C31H60N2O9/c1-13-24(35)20(5)28(42-29-26(36)23(32(10)11)15-19(4)40-29)30(8,38)16-18(3)17-33(12)21(6)27(37)31(9,39)25(14-2)41-22(7)34/h18-21,23,25-29,36-39H,13-17H2,1-12H3/t18-,19-,20+,21-,23?,25-,26-,27-,28-,29+,30-,31-/m1/s1. The number of likely N-dealkylation sites (N-methyl/N-ethyl adjacent to an activating group) is 2. The van der Waals surface area contributed by atoms with Crippen molar-refractivity contribution in [3.63, 3.8) is 0 Å². The van der Waals surface area contributed by atoms with Gasteiger partial charge >= 0.3 is 5.97 Å². The Hall–Kier alpha value is -1.18. The van der Waals surface area contributed by atoms with Crippen LogP contribution in [0.4, 0.5) is 0 Å². The first kappa shape index (κ1) is 38.8. The molecule has 42 heavy (non-hydrogen) atoms. The summed E-state index contributed by atoms with van der Waals surface area (Å²) in [5.74, 6) is -1.37. The summed E-state index contributed by atoms with van der Waals surface area (Å²) in [4.78, 5) is 28.2. The number of Topliss-reactive ketones (excluding diaryl/α,β-unsaturated/α-hetero) is 1. The molecule has 0 aromatic carbocycles. The van der Waals surface area contributed by atoms with Crippen molar-refractivity contribution in [3.8, 4) is 0 Å². The molecule has 0 radical (unpaired) electrons. The molecule has 0 bridgehead atoms. The van der Waals surface area contributed by atoms with E-state index in [2.05, 4.69) is 0 Å². The topological polar surface area (TPSA) is 149 Å². The van der Waals surface area contributed by atoms with Gasteiger partial charge in [-0.2, -0.15) is 0 Å². The maximum absolute atomic E-state index is 12.8. The summed E-state index contributed by atoms with van der Waals surface area (Å²) in [5, 5.41) is 45.1. The van der Waals surface area contributed by atoms with E-state index in [9.17, 15) is 30.0 Å². The Morgan fingerprint density at radius 1 is 1.10 bits per heavy atom. The van der Waals surface area contributed by atoms with Gasteiger partial charge in [0.1, 0.15) is 29.7 Å². The summed E-state index contributed by atoms with van der Waals surface area (Å²) < 4.78 is 17.5. The molecule has 0 aromatic rings. The van der Waals surface area contributed by atoms with Crippen LogP contribution in [0.2, 0.25) is 0 Å². The molecule has 11 heteroatoms. The number of hydrogen-bond acceptors (Lipinski definition) is 11. The fourth-order valence-corrected chi connectivity index (χ4v) is 6.37. The lowest BCUT2D eigenvalue weighted by Gasteiger charge is -2.45. The van der Waals surface area contributed by atoms with Gasteiger partial charge in [0.2, 0.25) is 0 Å². The predicted octanol–water partition coefficient (Wildman–Crippen LogP) is 1.96. The molecule has 1 fully saturated rings. The van der Waals surface area contributed by atoms with E-state index in [4.69, 9.17) is 14.2 Å². The average molecular weight is 605 g/mol. The largest absolute Gasteiger partial charge is 0.459 e. The zero-order valence-corrected chi connectivity index (χ0v) is 28.0. The van der Waals surface area contributed by atoms with Crippen molar-refractivity contribution >= 4 is 11.8 Å². The molecule has 1 heterocycles. The fourth-order valence-electron chi connectivity index (χ4n) is 6.37. The van der Waals surface area contributed by atoms with Gasteiger partial charge in [-0.05, 0) is 74.0 Å². The van der Waals surface area contributed by atoms with Crippen LogP contribution < -0.4 is 0 Å². The lowest BCUT2D eigenvalue weighted by molar-refractivity contribution is -0.293. The molecule has 0 saturated carbocycles. The van der Waals surface area contributed by atoms with Crippen LogP contribution in [0.3, 0.4) is 0 Å². The Kier molecular flexibility index (Phi) is 15.0. The number of carbonyl (C=O) groups is 2. The molecule has 0 amide bonds. The van der Waals surface area contributed by atoms with E-state index in [-0.39, 0.29) is 36.7 Å². The van der Waals surface area contributed by atoms with Gasteiger partial charge in [-0.3, -0.25) is 9.59 Å². The molecule has 1 rings (SSSR count). The van der Waals surface area contributed by atoms with Gasteiger partial charge in [-0.1, -0.05) is 27.7 Å². The van der Waals surface area contributed by atoms with Crippen molar-refractivity contribution in [1.29, 1.82) is 0 Å². The second-order valence-electron chi connectivity index (χ2n) is 13.3. The maximum Gasteiger partial charge on any atom is 0.303 e. The van der Waals surface area contributed by atoms with Crippen LogP contribution in [-0.4, -0.2) is 130 Å². The van der Waals surface area contributed by atoms with Gasteiger partial charge in [-0.25, -0.2) is 0 Å². The number of nitrogens with zero attached hydrogens (tertiary/aromatic N) is 2. The Morgan fingerprint density at radius 2 is 1.67 bits per heavy atom. The summed E-state index contributed by atoms with van der Waals surface area (Å²) in [7, 11) is 5.58. The van der Waals surface area contributed by atoms with Crippen molar-refractivity contribution in [3.05, 3.63) is 0 Å². The molecule has 0 aliphatic carbocycles. The van der Waals surface area contributed by atoms with Crippen molar-refractivity contribution in [2.45, 2.75) is 148 Å². The minimum absolute atomic E-state index is 0.0650.